The largest absolute Gasteiger partial charge is 0.465 e. The number of carbonyl (C=O) groups excluding carboxylic acids is 1. The van der Waals surface area contributed by atoms with Crippen molar-refractivity contribution in [3.63, 3.8) is 0 Å². The summed E-state index contributed by atoms with van der Waals surface area (Å²) in [5.74, 6) is 1.26. The van der Waals surface area contributed by atoms with E-state index in [1.54, 1.807) is 0 Å². The molecule has 3 unspecified atom stereocenters. The van der Waals surface area contributed by atoms with Gasteiger partial charge in [0.1, 0.15) is 5.92 Å². The van der Waals surface area contributed by atoms with Crippen LogP contribution in [0.2, 0.25) is 0 Å². The number of ether oxygens (including phenoxy) is 1. The molecule has 1 heterocycles. The van der Waals surface area contributed by atoms with Crippen LogP contribution < -0.4 is 0 Å². The minimum Gasteiger partial charge on any atom is -0.465 e. The number of fused-ring (bicyclic) bond motifs is 1. The molecule has 0 saturated heterocycles. The van der Waals surface area contributed by atoms with Crippen LogP contribution in [0.15, 0.2) is 0 Å². The summed E-state index contributed by atoms with van der Waals surface area (Å²) in [6.07, 6.45) is 3.14. The Kier molecular flexibility index (Phi) is 2.69. The van der Waals surface area contributed by atoms with Crippen molar-refractivity contribution in [2.75, 3.05) is 6.61 Å². The predicted molar refractivity (Wildman–Crippen MR) is 66.3 cm³/mol. The lowest BCUT2D eigenvalue weighted by Gasteiger charge is -2.07. The summed E-state index contributed by atoms with van der Waals surface area (Å²) in [4.78, 5) is 17.8. The molecule has 3 nitrogen and oxygen atoms in total. The van der Waals surface area contributed by atoms with Crippen molar-refractivity contribution >= 4 is 17.3 Å². The first kappa shape index (κ1) is 11.2. The van der Waals surface area contributed by atoms with Crippen LogP contribution in [0.5, 0.6) is 0 Å². The summed E-state index contributed by atoms with van der Waals surface area (Å²) in [5, 5.41) is 1.25. The van der Waals surface area contributed by atoms with Crippen molar-refractivity contribution in [3.05, 3.63) is 15.6 Å². The van der Waals surface area contributed by atoms with E-state index in [-0.39, 0.29) is 11.9 Å². The molecule has 1 saturated carbocycles. The van der Waals surface area contributed by atoms with E-state index in [0.29, 0.717) is 12.5 Å². The van der Waals surface area contributed by atoms with Gasteiger partial charge in [0.05, 0.1) is 17.3 Å². The van der Waals surface area contributed by atoms with E-state index in [9.17, 15) is 4.79 Å². The van der Waals surface area contributed by atoms with E-state index in [4.69, 9.17) is 9.72 Å². The lowest BCUT2D eigenvalue weighted by molar-refractivity contribution is -0.145. The third-order valence-electron chi connectivity index (χ3n) is 3.73. The third kappa shape index (κ3) is 1.88. The van der Waals surface area contributed by atoms with Crippen molar-refractivity contribution < 1.29 is 9.53 Å². The molecule has 2 aliphatic rings. The van der Waals surface area contributed by atoms with Gasteiger partial charge in [0.15, 0.2) is 0 Å². The quantitative estimate of drug-likeness (QED) is 0.775. The summed E-state index contributed by atoms with van der Waals surface area (Å²) < 4.78 is 5.11. The fraction of sp³-hybridized carbons (Fsp3) is 0.692. The highest BCUT2D eigenvalue weighted by Crippen LogP contribution is 2.50. The maximum Gasteiger partial charge on any atom is 0.315 e. The monoisotopic (exact) mass is 251 g/mol. The van der Waals surface area contributed by atoms with Crippen LogP contribution in [-0.4, -0.2) is 17.6 Å². The summed E-state index contributed by atoms with van der Waals surface area (Å²) >= 11 is 1.82. The molecule has 2 aliphatic carbocycles. The van der Waals surface area contributed by atoms with Gasteiger partial charge in [-0.15, -0.1) is 11.3 Å². The zero-order valence-corrected chi connectivity index (χ0v) is 11.0. The molecule has 0 amide bonds. The Labute approximate surface area is 105 Å². The molecule has 3 atom stereocenters. The normalized spacial score (nSPS) is 30.1. The second-order valence-electron chi connectivity index (χ2n) is 5.02. The first-order valence-electron chi connectivity index (χ1n) is 6.36. The molecular formula is C13H17NO2S. The van der Waals surface area contributed by atoms with E-state index in [2.05, 4.69) is 6.92 Å². The molecule has 1 aromatic rings. The van der Waals surface area contributed by atoms with Crippen molar-refractivity contribution in [1.82, 2.24) is 4.98 Å². The van der Waals surface area contributed by atoms with E-state index in [1.165, 1.54) is 16.3 Å². The maximum atomic E-state index is 11.8. The van der Waals surface area contributed by atoms with E-state index < -0.39 is 0 Å². The molecule has 3 rings (SSSR count). The number of nitrogens with zero attached hydrogens (tertiary/aromatic N) is 1. The van der Waals surface area contributed by atoms with Gasteiger partial charge in [-0.05, 0) is 32.1 Å². The van der Waals surface area contributed by atoms with Gasteiger partial charge in [-0.25, -0.2) is 4.98 Å². The van der Waals surface area contributed by atoms with E-state index >= 15 is 0 Å². The summed E-state index contributed by atoms with van der Waals surface area (Å²) in [6.45, 7) is 4.58. The van der Waals surface area contributed by atoms with Crippen molar-refractivity contribution in [3.8, 4) is 0 Å². The lowest BCUT2D eigenvalue weighted by atomic mass is 10.1. The molecule has 92 valence electrons. The number of rotatable bonds is 3. The topological polar surface area (TPSA) is 39.2 Å². The molecule has 0 radical (unpaired) electrons. The highest BCUT2D eigenvalue weighted by Gasteiger charge is 2.40. The van der Waals surface area contributed by atoms with Crippen molar-refractivity contribution in [2.45, 2.75) is 44.9 Å². The average Bonchev–Trinajstić information content (AvgIpc) is 2.74. The second-order valence-corrected chi connectivity index (χ2v) is 6.14. The number of thiazole rings is 1. The Balaban J connectivity index is 1.81. The number of hydrogen-bond acceptors (Lipinski definition) is 4. The minimum atomic E-state index is -0.0935. The first-order valence-corrected chi connectivity index (χ1v) is 7.18. The standard InChI is InChI=1S/C13H17NO2S/c1-3-16-13(15)8-4-5-10-11(8)14-12(17-10)9-6-7(9)2/h7-9H,3-6H2,1-2H3. The van der Waals surface area contributed by atoms with Crippen molar-refractivity contribution in [2.24, 2.45) is 5.92 Å². The summed E-state index contributed by atoms with van der Waals surface area (Å²) in [5.41, 5.74) is 1.02. The molecule has 1 aromatic heterocycles. The van der Waals surface area contributed by atoms with Gasteiger partial charge in [0, 0.05) is 10.8 Å². The molecule has 0 bridgehead atoms. The van der Waals surface area contributed by atoms with Crippen LogP contribution in [-0.2, 0) is 16.0 Å². The Hall–Kier alpha value is -0.900. The molecule has 1 fully saturated rings. The number of aromatic nitrogens is 1. The van der Waals surface area contributed by atoms with Crippen molar-refractivity contribution in [1.29, 1.82) is 0 Å². The van der Waals surface area contributed by atoms with Crippen LogP contribution in [0, 0.1) is 5.92 Å². The predicted octanol–water partition coefficient (Wildman–Crippen LogP) is 2.86. The number of esters is 1. The fourth-order valence-electron chi connectivity index (χ4n) is 2.54. The zero-order valence-electron chi connectivity index (χ0n) is 10.2. The molecular weight excluding hydrogens is 234 g/mol. The Morgan fingerprint density at radius 3 is 3.00 bits per heavy atom. The molecule has 4 heteroatoms. The SMILES string of the molecule is CCOC(=O)C1CCc2sc(C3CC3C)nc21. The Morgan fingerprint density at radius 2 is 2.35 bits per heavy atom. The van der Waals surface area contributed by atoms with Crippen LogP contribution in [0.4, 0.5) is 0 Å². The molecule has 0 aromatic carbocycles. The zero-order chi connectivity index (χ0) is 12.0. The fourth-order valence-corrected chi connectivity index (χ4v) is 3.93. The van der Waals surface area contributed by atoms with Gasteiger partial charge in [-0.3, -0.25) is 4.79 Å². The number of carbonyl (C=O) groups is 1. The lowest BCUT2D eigenvalue weighted by Crippen LogP contribution is -2.14. The number of hydrogen-bond donors (Lipinski definition) is 0. The van der Waals surface area contributed by atoms with Gasteiger partial charge in [0.2, 0.25) is 0 Å². The van der Waals surface area contributed by atoms with Gasteiger partial charge in [0.25, 0.3) is 0 Å². The van der Waals surface area contributed by atoms with Crippen LogP contribution in [0.3, 0.4) is 0 Å². The van der Waals surface area contributed by atoms with Gasteiger partial charge < -0.3 is 4.74 Å². The maximum absolute atomic E-state index is 11.8. The number of aryl methyl sites for hydroxylation is 1. The molecule has 0 spiro atoms. The van der Waals surface area contributed by atoms with Crippen LogP contribution in [0.25, 0.3) is 0 Å². The van der Waals surface area contributed by atoms with Crippen LogP contribution >= 0.6 is 11.3 Å². The third-order valence-corrected chi connectivity index (χ3v) is 4.99. The second kappa shape index (κ2) is 4.09. The Bertz CT molecular complexity index is 454. The Morgan fingerprint density at radius 1 is 1.59 bits per heavy atom. The van der Waals surface area contributed by atoms with Gasteiger partial charge in [-0.1, -0.05) is 6.92 Å². The average molecular weight is 251 g/mol. The van der Waals surface area contributed by atoms with Gasteiger partial charge in [-0.2, -0.15) is 0 Å². The smallest absolute Gasteiger partial charge is 0.315 e. The highest BCUT2D eigenvalue weighted by atomic mass is 32.1. The van der Waals surface area contributed by atoms with E-state index in [0.717, 1.165) is 24.5 Å². The van der Waals surface area contributed by atoms with Crippen LogP contribution in [0.1, 0.15) is 54.1 Å². The highest BCUT2D eigenvalue weighted by molar-refractivity contribution is 7.12. The molecule has 0 N–H and O–H groups in total. The summed E-state index contributed by atoms with van der Waals surface area (Å²) in [6, 6.07) is 0. The van der Waals surface area contributed by atoms with Gasteiger partial charge >= 0.3 is 5.97 Å². The molecule has 0 aliphatic heterocycles. The minimum absolute atomic E-state index is 0.0908. The summed E-state index contributed by atoms with van der Waals surface area (Å²) in [7, 11) is 0. The first-order chi connectivity index (χ1) is 8.20. The van der Waals surface area contributed by atoms with E-state index in [1.807, 2.05) is 18.3 Å². The molecule has 17 heavy (non-hydrogen) atoms.